The van der Waals surface area contributed by atoms with E-state index in [2.05, 4.69) is 37.4 Å². The molecule has 156 valence electrons. The highest BCUT2D eigenvalue weighted by Crippen LogP contribution is 2.19. The van der Waals surface area contributed by atoms with Crippen molar-refractivity contribution in [3.63, 3.8) is 0 Å². The smallest absolute Gasteiger partial charge is 0.242 e. The molecule has 2 amide bonds. The van der Waals surface area contributed by atoms with Gasteiger partial charge in [-0.1, -0.05) is 41.5 Å². The SMILES string of the molecule is CNC(=O)[C@@H](C)N(Cc1ccc(OC)cc1)C(=O)CSCc1cc(C)cc(C)c1. The molecule has 0 fully saturated rings. The molecular weight excluding hydrogens is 384 g/mol. The van der Waals surface area contributed by atoms with Gasteiger partial charge in [0.25, 0.3) is 0 Å². The highest BCUT2D eigenvalue weighted by molar-refractivity contribution is 7.99. The summed E-state index contributed by atoms with van der Waals surface area (Å²) < 4.78 is 5.19. The van der Waals surface area contributed by atoms with Gasteiger partial charge in [0.2, 0.25) is 11.8 Å². The number of methoxy groups -OCH3 is 1. The van der Waals surface area contributed by atoms with Gasteiger partial charge in [-0.05, 0) is 44.0 Å². The number of aryl methyl sites for hydroxylation is 2. The fourth-order valence-corrected chi connectivity index (χ4v) is 4.06. The van der Waals surface area contributed by atoms with Gasteiger partial charge in [-0.3, -0.25) is 9.59 Å². The van der Waals surface area contributed by atoms with Crippen LogP contribution in [0.3, 0.4) is 0 Å². The molecule has 2 rings (SSSR count). The second-order valence-electron chi connectivity index (χ2n) is 7.15. The van der Waals surface area contributed by atoms with E-state index in [0.717, 1.165) is 17.1 Å². The van der Waals surface area contributed by atoms with Crippen LogP contribution in [0.25, 0.3) is 0 Å². The normalized spacial score (nSPS) is 11.6. The van der Waals surface area contributed by atoms with Crippen LogP contribution in [-0.4, -0.2) is 42.7 Å². The maximum absolute atomic E-state index is 13.0. The van der Waals surface area contributed by atoms with E-state index in [9.17, 15) is 9.59 Å². The second-order valence-corrected chi connectivity index (χ2v) is 8.13. The Morgan fingerprint density at radius 3 is 2.24 bits per heavy atom. The zero-order valence-corrected chi connectivity index (χ0v) is 18.6. The third kappa shape index (κ3) is 6.82. The van der Waals surface area contributed by atoms with E-state index >= 15 is 0 Å². The molecule has 2 aromatic rings. The van der Waals surface area contributed by atoms with Gasteiger partial charge in [0.05, 0.1) is 12.9 Å². The average Bonchev–Trinajstić information content (AvgIpc) is 2.70. The van der Waals surface area contributed by atoms with Gasteiger partial charge >= 0.3 is 0 Å². The van der Waals surface area contributed by atoms with Crippen LogP contribution < -0.4 is 10.1 Å². The number of carbonyl (C=O) groups excluding carboxylic acids is 2. The number of hydrogen-bond donors (Lipinski definition) is 1. The van der Waals surface area contributed by atoms with Gasteiger partial charge in [-0.2, -0.15) is 0 Å². The number of benzene rings is 2. The Labute approximate surface area is 177 Å². The second kappa shape index (κ2) is 10.9. The molecule has 0 spiro atoms. The standard InChI is InChI=1S/C23H30N2O3S/c1-16-10-17(2)12-20(11-16)14-29-15-22(26)25(18(3)23(27)24-4)13-19-6-8-21(28-5)9-7-19/h6-12,18H,13-15H2,1-5H3,(H,24,27)/t18-/m1/s1. The first kappa shape index (κ1) is 22.8. The van der Waals surface area contributed by atoms with Crippen molar-refractivity contribution >= 4 is 23.6 Å². The summed E-state index contributed by atoms with van der Waals surface area (Å²) in [6.45, 7) is 6.29. The summed E-state index contributed by atoms with van der Waals surface area (Å²) in [5.41, 5.74) is 4.61. The van der Waals surface area contributed by atoms with E-state index in [-0.39, 0.29) is 11.8 Å². The largest absolute Gasteiger partial charge is 0.497 e. The monoisotopic (exact) mass is 414 g/mol. The first-order valence-electron chi connectivity index (χ1n) is 9.63. The lowest BCUT2D eigenvalue weighted by atomic mass is 10.1. The van der Waals surface area contributed by atoms with E-state index in [1.165, 1.54) is 16.7 Å². The van der Waals surface area contributed by atoms with E-state index in [1.54, 1.807) is 37.7 Å². The highest BCUT2D eigenvalue weighted by Gasteiger charge is 2.25. The van der Waals surface area contributed by atoms with Gasteiger partial charge in [-0.25, -0.2) is 0 Å². The topological polar surface area (TPSA) is 58.6 Å². The van der Waals surface area contributed by atoms with Crippen LogP contribution in [0.5, 0.6) is 5.75 Å². The summed E-state index contributed by atoms with van der Waals surface area (Å²) in [5, 5.41) is 2.64. The third-order valence-electron chi connectivity index (χ3n) is 4.70. The summed E-state index contributed by atoms with van der Waals surface area (Å²) >= 11 is 1.57. The highest BCUT2D eigenvalue weighted by atomic mass is 32.2. The first-order valence-corrected chi connectivity index (χ1v) is 10.8. The van der Waals surface area contributed by atoms with Crippen molar-refractivity contribution in [2.75, 3.05) is 19.9 Å². The molecule has 0 unspecified atom stereocenters. The number of carbonyl (C=O) groups is 2. The molecule has 5 nitrogen and oxygen atoms in total. The molecule has 0 heterocycles. The Morgan fingerprint density at radius 2 is 1.69 bits per heavy atom. The fraction of sp³-hybridized carbons (Fsp3) is 0.391. The number of hydrogen-bond acceptors (Lipinski definition) is 4. The zero-order chi connectivity index (χ0) is 21.4. The predicted molar refractivity (Wildman–Crippen MR) is 119 cm³/mol. The van der Waals surface area contributed by atoms with Crippen molar-refractivity contribution in [3.8, 4) is 5.75 Å². The Kier molecular flexibility index (Phi) is 8.58. The van der Waals surface area contributed by atoms with Crippen molar-refractivity contribution in [1.82, 2.24) is 10.2 Å². The zero-order valence-electron chi connectivity index (χ0n) is 17.8. The summed E-state index contributed by atoms with van der Waals surface area (Å²) in [4.78, 5) is 26.8. The molecule has 1 N–H and O–H groups in total. The number of thioether (sulfide) groups is 1. The molecule has 0 saturated heterocycles. The molecule has 0 radical (unpaired) electrons. The lowest BCUT2D eigenvalue weighted by Crippen LogP contribution is -2.47. The summed E-state index contributed by atoms with van der Waals surface area (Å²) in [6.07, 6.45) is 0. The number of nitrogens with zero attached hydrogens (tertiary/aromatic N) is 1. The molecule has 6 heteroatoms. The molecule has 1 atom stereocenters. The molecule has 0 aliphatic heterocycles. The Bertz CT molecular complexity index is 816. The molecule has 0 saturated carbocycles. The fourth-order valence-electron chi connectivity index (χ4n) is 3.21. The van der Waals surface area contributed by atoms with Gasteiger partial charge in [0, 0.05) is 19.3 Å². The predicted octanol–water partition coefficient (Wildman–Crippen LogP) is 3.71. The van der Waals surface area contributed by atoms with Crippen LogP contribution in [-0.2, 0) is 21.9 Å². The summed E-state index contributed by atoms with van der Waals surface area (Å²) in [5.74, 6) is 1.62. The lowest BCUT2D eigenvalue weighted by molar-refractivity contribution is -0.138. The first-order chi connectivity index (χ1) is 13.8. The lowest BCUT2D eigenvalue weighted by Gasteiger charge is -2.28. The quantitative estimate of drug-likeness (QED) is 0.680. The Hall–Kier alpha value is -2.47. The van der Waals surface area contributed by atoms with Crippen LogP contribution in [0.15, 0.2) is 42.5 Å². The van der Waals surface area contributed by atoms with Crippen molar-refractivity contribution in [2.45, 2.75) is 39.1 Å². The minimum atomic E-state index is -0.545. The van der Waals surface area contributed by atoms with Crippen molar-refractivity contribution in [3.05, 3.63) is 64.7 Å². The minimum absolute atomic E-state index is 0.0497. The van der Waals surface area contributed by atoms with Crippen LogP contribution in [0.4, 0.5) is 0 Å². The van der Waals surface area contributed by atoms with E-state index in [1.807, 2.05) is 24.3 Å². The van der Waals surface area contributed by atoms with Gasteiger partial charge in [0.15, 0.2) is 0 Å². The molecule has 0 aliphatic rings. The van der Waals surface area contributed by atoms with Crippen molar-refractivity contribution in [2.24, 2.45) is 0 Å². The van der Waals surface area contributed by atoms with Crippen molar-refractivity contribution in [1.29, 1.82) is 0 Å². The van der Waals surface area contributed by atoms with E-state index < -0.39 is 6.04 Å². The van der Waals surface area contributed by atoms with E-state index in [0.29, 0.717) is 12.3 Å². The maximum atomic E-state index is 13.0. The van der Waals surface area contributed by atoms with Crippen molar-refractivity contribution < 1.29 is 14.3 Å². The van der Waals surface area contributed by atoms with Crippen LogP contribution in [0.1, 0.15) is 29.2 Å². The molecule has 2 aromatic carbocycles. The van der Waals surface area contributed by atoms with Gasteiger partial charge < -0.3 is 15.0 Å². The molecule has 0 aromatic heterocycles. The number of ether oxygens (including phenoxy) is 1. The van der Waals surface area contributed by atoms with Crippen LogP contribution in [0.2, 0.25) is 0 Å². The minimum Gasteiger partial charge on any atom is -0.497 e. The molecule has 0 bridgehead atoms. The number of likely N-dealkylation sites (N-methyl/N-ethyl adjacent to an activating group) is 1. The van der Waals surface area contributed by atoms with Gasteiger partial charge in [-0.15, -0.1) is 11.8 Å². The number of nitrogens with one attached hydrogen (secondary N) is 1. The van der Waals surface area contributed by atoms with Gasteiger partial charge in [0.1, 0.15) is 11.8 Å². The summed E-state index contributed by atoms with van der Waals surface area (Å²) in [6, 6.07) is 13.4. The van der Waals surface area contributed by atoms with Crippen LogP contribution in [0, 0.1) is 13.8 Å². The Balaban J connectivity index is 2.05. The molecule has 29 heavy (non-hydrogen) atoms. The van der Waals surface area contributed by atoms with Crippen LogP contribution >= 0.6 is 11.8 Å². The number of amides is 2. The maximum Gasteiger partial charge on any atom is 0.242 e. The summed E-state index contributed by atoms with van der Waals surface area (Å²) in [7, 11) is 3.20. The third-order valence-corrected chi connectivity index (χ3v) is 5.69. The van der Waals surface area contributed by atoms with E-state index in [4.69, 9.17) is 4.74 Å². The average molecular weight is 415 g/mol. The molecule has 0 aliphatic carbocycles. The molecular formula is C23H30N2O3S. The Morgan fingerprint density at radius 1 is 1.07 bits per heavy atom. The number of rotatable bonds is 9.